The van der Waals surface area contributed by atoms with Crippen LogP contribution in [0.1, 0.15) is 79.7 Å². The molecule has 0 radical (unpaired) electrons. The highest BCUT2D eigenvalue weighted by Crippen LogP contribution is 2.51. The molecule has 0 amide bonds. The number of aromatic nitrogens is 3. The maximum absolute atomic E-state index is 6.69. The van der Waals surface area contributed by atoms with Crippen LogP contribution in [0.3, 0.4) is 0 Å². The van der Waals surface area contributed by atoms with Crippen molar-refractivity contribution in [3.8, 4) is 107 Å². The van der Waals surface area contributed by atoms with Crippen LogP contribution in [0.25, 0.3) is 4.96 Å². The molecule has 3 heterocycles. The number of nitrogens with one attached hydrogen (secondary N) is 1. The Hall–Kier alpha value is -6.66. The second-order valence-corrected chi connectivity index (χ2v) is 12.2. The lowest BCUT2D eigenvalue weighted by Crippen LogP contribution is -2.44. The van der Waals surface area contributed by atoms with E-state index in [2.05, 4.69) is 174 Å². The van der Waals surface area contributed by atoms with Crippen LogP contribution in [0.2, 0.25) is 0 Å². The molecule has 3 aromatic rings. The molecule has 2 fully saturated rings. The molecule has 52 heavy (non-hydrogen) atoms. The fourth-order valence-electron chi connectivity index (χ4n) is 5.46. The van der Waals surface area contributed by atoms with Crippen LogP contribution in [0.15, 0.2) is 50.6 Å². The third-order valence-corrected chi connectivity index (χ3v) is 9.03. The number of piperidine rings is 1. The first-order valence-electron chi connectivity index (χ1n) is 15.9. The third kappa shape index (κ3) is 11.5. The molecular formula is C40H46N10S2. The number of hydrogen-bond acceptors (Lipinski definition) is 7. The van der Waals surface area contributed by atoms with E-state index < -0.39 is 0 Å². The number of fused-ring (bicyclic) bond motifs is 2. The minimum absolute atomic E-state index is 0. The smallest absolute Gasteiger partial charge is 0.214 e. The van der Waals surface area contributed by atoms with Crippen molar-refractivity contribution in [1.29, 1.82) is 5.53 Å². The van der Waals surface area contributed by atoms with Gasteiger partial charge in [0.1, 0.15) is 0 Å². The Balaban J connectivity index is -0.000000271. The Morgan fingerprint density at radius 1 is 0.846 bits per heavy atom. The lowest BCUT2D eigenvalue weighted by atomic mass is 9.73. The zero-order valence-corrected chi connectivity index (χ0v) is 30.1. The number of rotatable bonds is 4. The number of nitrogens with zero attached hydrogens (tertiary/aromatic N) is 8. The van der Waals surface area contributed by atoms with E-state index in [9.17, 15) is 0 Å². The van der Waals surface area contributed by atoms with Crippen LogP contribution < -0.4 is 10.6 Å². The summed E-state index contributed by atoms with van der Waals surface area (Å²) in [6, 6.07) is 8.91. The Bertz CT molecular complexity index is 2320. The van der Waals surface area contributed by atoms with Gasteiger partial charge in [-0.1, -0.05) is 51.9 Å². The predicted octanol–water partition coefficient (Wildman–Crippen LogP) is 7.57. The molecule has 10 nitrogen and oxygen atoms in total. The summed E-state index contributed by atoms with van der Waals surface area (Å²) in [5.41, 5.74) is 16.9. The summed E-state index contributed by atoms with van der Waals surface area (Å²) in [4.78, 5) is 8.23. The van der Waals surface area contributed by atoms with Crippen LogP contribution in [0, 0.1) is 118 Å². The molecule has 1 saturated heterocycles. The Kier molecular flexibility index (Phi) is 15.2. The van der Waals surface area contributed by atoms with Crippen molar-refractivity contribution >= 4 is 33.9 Å². The highest BCUT2D eigenvalue weighted by molar-refractivity contribution is 7.47. The summed E-state index contributed by atoms with van der Waals surface area (Å²) in [5.74, 6) is 46.3. The average molecular weight is 731 g/mol. The van der Waals surface area contributed by atoms with E-state index >= 15 is 0 Å². The molecule has 2 aromatic heterocycles. The van der Waals surface area contributed by atoms with E-state index in [1.165, 1.54) is 29.7 Å². The first kappa shape index (κ1) is 38.1. The van der Waals surface area contributed by atoms with E-state index in [0.717, 1.165) is 42.4 Å². The lowest BCUT2D eigenvalue weighted by Gasteiger charge is -2.42. The molecule has 0 bridgehead atoms. The van der Waals surface area contributed by atoms with Crippen LogP contribution in [0.4, 0.5) is 5.13 Å². The van der Waals surface area contributed by atoms with Gasteiger partial charge in [-0.15, -0.1) is 5.10 Å². The largest absolute Gasteiger partial charge is 0.347 e. The number of anilines is 1. The summed E-state index contributed by atoms with van der Waals surface area (Å²) in [6.45, 7) is 5.48. The normalized spacial score (nSPS) is 14.8. The Morgan fingerprint density at radius 3 is 1.83 bits per heavy atom. The summed E-state index contributed by atoms with van der Waals surface area (Å²) in [6.07, 6.45) is 8.10. The molecule has 3 N–H and O–H groups in total. The highest BCUT2D eigenvalue weighted by Gasteiger charge is 2.46. The van der Waals surface area contributed by atoms with E-state index in [1.54, 1.807) is 25.2 Å². The number of hydrogen-bond donors (Lipinski definition) is 2. The van der Waals surface area contributed by atoms with E-state index in [4.69, 9.17) is 21.3 Å². The summed E-state index contributed by atoms with van der Waals surface area (Å²) < 4.78 is 4.73. The third-order valence-electron chi connectivity index (χ3n) is 7.98. The van der Waals surface area contributed by atoms with Crippen molar-refractivity contribution in [2.75, 3.05) is 18.0 Å². The topological polar surface area (TPSA) is 133 Å². The van der Waals surface area contributed by atoms with Gasteiger partial charge in [-0.05, 0) is 173 Å². The SMILES string of the molecule is CC#CC#CC#CC#CC#CC#CC#CC#CC#CC.N=N/N=N/N=S.N[C@@H]1c2ccccc2CC12CCN(c1nn3cc(C4CC4)nc3s1)CC2.[HH].[HH].[HH].[HH].[HH].[HH].[HH].[HH]. The molecule has 268 valence electrons. The van der Waals surface area contributed by atoms with Crippen LogP contribution in [-0.4, -0.2) is 27.7 Å². The Labute approximate surface area is 325 Å². The van der Waals surface area contributed by atoms with Gasteiger partial charge >= 0.3 is 0 Å². The van der Waals surface area contributed by atoms with Crippen molar-refractivity contribution < 1.29 is 11.4 Å². The van der Waals surface area contributed by atoms with Crippen molar-refractivity contribution in [3.63, 3.8) is 0 Å². The van der Waals surface area contributed by atoms with E-state index in [0.29, 0.717) is 5.92 Å². The lowest BCUT2D eigenvalue weighted by molar-refractivity contribution is 0.187. The van der Waals surface area contributed by atoms with Gasteiger partial charge in [0.2, 0.25) is 10.1 Å². The molecule has 0 unspecified atom stereocenters. The summed E-state index contributed by atoms with van der Waals surface area (Å²) >= 11 is 5.66. The Morgan fingerprint density at radius 2 is 1.38 bits per heavy atom. The maximum Gasteiger partial charge on any atom is 0.214 e. The first-order valence-corrected chi connectivity index (χ1v) is 17.1. The average Bonchev–Trinajstić information content (AvgIpc) is 3.74. The van der Waals surface area contributed by atoms with Gasteiger partial charge in [-0.2, -0.15) is 5.53 Å². The van der Waals surface area contributed by atoms with Gasteiger partial charge in [-0.25, -0.2) is 9.50 Å². The molecule has 1 spiro atoms. The van der Waals surface area contributed by atoms with Gasteiger partial charge in [0, 0.05) is 36.5 Å². The van der Waals surface area contributed by atoms with Gasteiger partial charge in [-0.3, -0.25) is 0 Å². The molecule has 1 saturated carbocycles. The molecule has 1 aromatic carbocycles. The molecule has 1 atom stereocenters. The minimum atomic E-state index is 0. The molecule has 1 aliphatic heterocycles. The van der Waals surface area contributed by atoms with E-state index in [1.807, 2.05) is 4.52 Å². The fraction of sp³-hybridized carbons (Fsp3) is 0.300. The summed E-state index contributed by atoms with van der Waals surface area (Å²) in [5, 5.41) is 13.9. The quantitative estimate of drug-likeness (QED) is 0.162. The van der Waals surface area contributed by atoms with Gasteiger partial charge in [0.05, 0.1) is 24.3 Å². The maximum atomic E-state index is 6.69. The number of benzene rings is 1. The second-order valence-electron chi connectivity index (χ2n) is 11.1. The fourth-order valence-corrected chi connectivity index (χ4v) is 6.43. The minimum Gasteiger partial charge on any atom is -0.347 e. The number of nitrogens with two attached hydrogens (primary N) is 1. The second kappa shape index (κ2) is 20.8. The van der Waals surface area contributed by atoms with Crippen LogP contribution in [-0.2, 0) is 18.8 Å². The van der Waals surface area contributed by atoms with Gasteiger partial charge in [0.15, 0.2) is 0 Å². The van der Waals surface area contributed by atoms with Crippen LogP contribution in [0.5, 0.6) is 0 Å². The molecule has 3 aliphatic rings. The number of imidazole rings is 1. The molecule has 2 aliphatic carbocycles. The van der Waals surface area contributed by atoms with E-state index in [-0.39, 0.29) is 22.9 Å². The highest BCUT2D eigenvalue weighted by atomic mass is 32.1. The zero-order valence-electron chi connectivity index (χ0n) is 28.5. The molecular weight excluding hydrogens is 685 g/mol. The van der Waals surface area contributed by atoms with Gasteiger partial charge < -0.3 is 10.6 Å². The molecule has 12 heteroatoms. The van der Waals surface area contributed by atoms with Crippen molar-refractivity contribution in [2.24, 2.45) is 31.3 Å². The first-order chi connectivity index (χ1) is 25.5. The van der Waals surface area contributed by atoms with Gasteiger partial charge in [0.25, 0.3) is 0 Å². The van der Waals surface area contributed by atoms with Crippen molar-refractivity contribution in [1.82, 2.24) is 14.6 Å². The van der Waals surface area contributed by atoms with Crippen LogP contribution >= 0.6 is 11.3 Å². The summed E-state index contributed by atoms with van der Waals surface area (Å²) in [7, 11) is 0. The predicted molar refractivity (Wildman–Crippen MR) is 222 cm³/mol. The standard InChI is InChI=1S/C20H23N5S.C20H6.HN5S.8H2/c21-17-15-4-2-1-3-14(15)11-20(17)7-9-24(10-8-20)19-23-25-12-16(13-5-6-13)22-18(25)26-19;1-3-5-7-9-11-13-15-17-19-20-18-16-14-12-10-8-6-4-2;1-2-3-4-5-6;;;;;;;;/h1-4,12-13,17H,5-11,21H2;1-2H3;1H;8*1H/b;;2-1?,4-3+;;;;;;;;/t17-;;;;;;;;;;/m1........../s1. The molecule has 6 rings (SSSR count). The zero-order chi connectivity index (χ0) is 36.9. The monoisotopic (exact) mass is 730 g/mol. The van der Waals surface area contributed by atoms with Crippen molar-refractivity contribution in [3.05, 3.63) is 47.3 Å². The van der Waals surface area contributed by atoms with Crippen molar-refractivity contribution in [2.45, 2.75) is 57.9 Å².